The molecule has 0 saturated carbocycles. The number of pyridine rings is 1. The maximum absolute atomic E-state index is 12.1. The number of amides is 1. The van der Waals surface area contributed by atoms with E-state index in [9.17, 15) is 9.59 Å². The summed E-state index contributed by atoms with van der Waals surface area (Å²) >= 11 is 3.35. The Morgan fingerprint density at radius 1 is 1.25 bits per heavy atom. The molecule has 1 aromatic carbocycles. The van der Waals surface area contributed by atoms with Crippen LogP contribution < -0.4 is 5.32 Å². The van der Waals surface area contributed by atoms with Crippen LogP contribution in [0.25, 0.3) is 0 Å². The number of carboxylic acids is 1. The number of anilines is 1. The van der Waals surface area contributed by atoms with Crippen molar-refractivity contribution in [2.24, 2.45) is 0 Å². The van der Waals surface area contributed by atoms with Crippen molar-refractivity contribution in [2.75, 3.05) is 5.32 Å². The number of carboxylic acid groups (broad SMARTS) is 1. The summed E-state index contributed by atoms with van der Waals surface area (Å²) in [4.78, 5) is 26.6. The Bertz CT molecular complexity index is 666. The second kappa shape index (κ2) is 5.83. The molecule has 0 aliphatic rings. The topological polar surface area (TPSA) is 79.3 Å². The maximum Gasteiger partial charge on any atom is 0.354 e. The van der Waals surface area contributed by atoms with E-state index in [4.69, 9.17) is 5.11 Å². The summed E-state index contributed by atoms with van der Waals surface area (Å²) in [6.45, 7) is 1.91. The molecular weight excluding hydrogens is 324 g/mol. The Morgan fingerprint density at radius 2 is 2.00 bits per heavy atom. The maximum atomic E-state index is 12.1. The van der Waals surface area contributed by atoms with Crippen molar-refractivity contribution in [1.29, 1.82) is 0 Å². The molecule has 0 atom stereocenters. The van der Waals surface area contributed by atoms with E-state index in [2.05, 4.69) is 26.2 Å². The first-order chi connectivity index (χ1) is 9.45. The largest absolute Gasteiger partial charge is 0.477 e. The molecule has 2 N–H and O–H groups in total. The molecule has 0 spiro atoms. The van der Waals surface area contributed by atoms with Crippen LogP contribution in [0.4, 0.5) is 5.69 Å². The molecule has 0 radical (unpaired) electrons. The van der Waals surface area contributed by atoms with Gasteiger partial charge in [-0.3, -0.25) is 4.79 Å². The van der Waals surface area contributed by atoms with Crippen LogP contribution in [0.5, 0.6) is 0 Å². The minimum Gasteiger partial charge on any atom is -0.477 e. The first-order valence-electron chi connectivity index (χ1n) is 5.73. The minimum absolute atomic E-state index is 0.164. The number of benzene rings is 1. The lowest BCUT2D eigenvalue weighted by Crippen LogP contribution is -2.13. The zero-order valence-corrected chi connectivity index (χ0v) is 12.1. The van der Waals surface area contributed by atoms with Crippen molar-refractivity contribution in [3.05, 3.63) is 57.8 Å². The van der Waals surface area contributed by atoms with Gasteiger partial charge in [0.25, 0.3) is 5.91 Å². The molecule has 0 unspecified atom stereocenters. The van der Waals surface area contributed by atoms with Crippen molar-refractivity contribution in [2.45, 2.75) is 6.92 Å². The van der Waals surface area contributed by atoms with Crippen LogP contribution in [-0.2, 0) is 0 Å². The number of carbonyl (C=O) groups is 2. The van der Waals surface area contributed by atoms with Crippen LogP contribution in [0.2, 0.25) is 0 Å². The molecule has 102 valence electrons. The molecule has 1 amide bonds. The number of aromatic carboxylic acids is 1. The number of aryl methyl sites for hydroxylation is 1. The summed E-state index contributed by atoms with van der Waals surface area (Å²) in [5.41, 5.74) is 1.71. The molecule has 0 aliphatic carbocycles. The molecule has 2 rings (SSSR count). The third-order valence-electron chi connectivity index (χ3n) is 2.54. The molecular formula is C14H11BrN2O3. The zero-order chi connectivity index (χ0) is 14.7. The fraction of sp³-hybridized carbons (Fsp3) is 0.0714. The van der Waals surface area contributed by atoms with E-state index in [1.807, 2.05) is 19.1 Å². The summed E-state index contributed by atoms with van der Waals surface area (Å²) in [5.74, 6) is -1.55. The van der Waals surface area contributed by atoms with Gasteiger partial charge >= 0.3 is 5.97 Å². The van der Waals surface area contributed by atoms with Crippen molar-refractivity contribution in [3.8, 4) is 0 Å². The summed E-state index contributed by atoms with van der Waals surface area (Å²) in [5, 5.41) is 11.6. The lowest BCUT2D eigenvalue weighted by atomic mass is 10.2. The first kappa shape index (κ1) is 14.2. The van der Waals surface area contributed by atoms with E-state index < -0.39 is 5.97 Å². The van der Waals surface area contributed by atoms with Gasteiger partial charge in [0.1, 0.15) is 5.69 Å². The van der Waals surface area contributed by atoms with E-state index in [1.54, 1.807) is 6.07 Å². The predicted molar refractivity (Wildman–Crippen MR) is 78.0 cm³/mol. The Hall–Kier alpha value is -2.21. The van der Waals surface area contributed by atoms with Gasteiger partial charge in [0.2, 0.25) is 0 Å². The van der Waals surface area contributed by atoms with Gasteiger partial charge in [-0.05, 0) is 42.8 Å². The highest BCUT2D eigenvalue weighted by Crippen LogP contribution is 2.19. The summed E-state index contributed by atoms with van der Waals surface area (Å²) in [6, 6.07) is 8.21. The van der Waals surface area contributed by atoms with Crippen molar-refractivity contribution in [1.82, 2.24) is 4.98 Å². The molecule has 0 aliphatic heterocycles. The molecule has 20 heavy (non-hydrogen) atoms. The zero-order valence-electron chi connectivity index (χ0n) is 10.6. The third-order valence-corrected chi connectivity index (χ3v) is 3.00. The van der Waals surface area contributed by atoms with Crippen LogP contribution >= 0.6 is 15.9 Å². The lowest BCUT2D eigenvalue weighted by molar-refractivity contribution is 0.0690. The number of aromatic nitrogens is 1. The minimum atomic E-state index is -1.17. The highest BCUT2D eigenvalue weighted by Gasteiger charge is 2.11. The Kier molecular flexibility index (Phi) is 4.14. The highest BCUT2D eigenvalue weighted by atomic mass is 79.9. The lowest BCUT2D eigenvalue weighted by Gasteiger charge is -2.07. The number of hydrogen-bond acceptors (Lipinski definition) is 3. The van der Waals surface area contributed by atoms with E-state index in [-0.39, 0.29) is 17.2 Å². The molecule has 1 heterocycles. The Balaban J connectivity index is 2.23. The van der Waals surface area contributed by atoms with Crippen molar-refractivity contribution >= 4 is 33.5 Å². The second-order valence-corrected chi connectivity index (χ2v) is 5.12. The van der Waals surface area contributed by atoms with E-state index >= 15 is 0 Å². The van der Waals surface area contributed by atoms with Gasteiger partial charge in [-0.1, -0.05) is 15.9 Å². The number of rotatable bonds is 3. The van der Waals surface area contributed by atoms with Crippen molar-refractivity contribution in [3.63, 3.8) is 0 Å². The van der Waals surface area contributed by atoms with Gasteiger partial charge in [0.05, 0.1) is 0 Å². The monoisotopic (exact) mass is 334 g/mol. The highest BCUT2D eigenvalue weighted by molar-refractivity contribution is 9.10. The predicted octanol–water partition coefficient (Wildman–Crippen LogP) is 3.10. The summed E-state index contributed by atoms with van der Waals surface area (Å²) < 4.78 is 0.855. The van der Waals surface area contributed by atoms with Gasteiger partial charge in [0, 0.05) is 21.9 Å². The Labute approximate surface area is 123 Å². The van der Waals surface area contributed by atoms with E-state index in [0.717, 1.165) is 10.0 Å². The van der Waals surface area contributed by atoms with Crippen molar-refractivity contribution < 1.29 is 14.7 Å². The van der Waals surface area contributed by atoms with Gasteiger partial charge in [-0.25, -0.2) is 9.78 Å². The van der Waals surface area contributed by atoms with Gasteiger partial charge in [0.15, 0.2) is 0 Å². The van der Waals surface area contributed by atoms with Crippen LogP contribution in [0.15, 0.2) is 41.0 Å². The fourth-order valence-corrected chi connectivity index (χ4v) is 2.31. The van der Waals surface area contributed by atoms with Crippen LogP contribution in [0.3, 0.4) is 0 Å². The average molecular weight is 335 g/mol. The molecule has 0 fully saturated rings. The molecule has 1 aromatic heterocycles. The number of hydrogen-bond donors (Lipinski definition) is 2. The molecule has 6 heteroatoms. The molecule has 5 nitrogen and oxygen atoms in total. The smallest absolute Gasteiger partial charge is 0.354 e. The van der Waals surface area contributed by atoms with Gasteiger partial charge in [-0.2, -0.15) is 0 Å². The van der Waals surface area contributed by atoms with Gasteiger partial charge in [-0.15, -0.1) is 0 Å². The third kappa shape index (κ3) is 3.42. The number of carbonyl (C=O) groups excluding carboxylic acids is 1. The average Bonchev–Trinajstić information content (AvgIpc) is 2.37. The number of nitrogens with zero attached hydrogens (tertiary/aromatic N) is 1. The van der Waals surface area contributed by atoms with E-state index in [0.29, 0.717) is 5.69 Å². The number of nitrogens with one attached hydrogen (secondary N) is 1. The summed E-state index contributed by atoms with van der Waals surface area (Å²) in [6.07, 6.45) is 1.30. The summed E-state index contributed by atoms with van der Waals surface area (Å²) in [7, 11) is 0. The SMILES string of the molecule is Cc1cc(Br)cc(NC(=O)c2ccnc(C(=O)O)c2)c1. The quantitative estimate of drug-likeness (QED) is 0.903. The van der Waals surface area contributed by atoms with Gasteiger partial charge < -0.3 is 10.4 Å². The first-order valence-corrected chi connectivity index (χ1v) is 6.53. The fourth-order valence-electron chi connectivity index (χ4n) is 1.70. The van der Waals surface area contributed by atoms with E-state index in [1.165, 1.54) is 18.3 Å². The van der Waals surface area contributed by atoms with Crippen LogP contribution in [0.1, 0.15) is 26.4 Å². The molecule has 0 saturated heterocycles. The number of halogens is 1. The molecule has 2 aromatic rings. The Morgan fingerprint density at radius 3 is 2.65 bits per heavy atom. The molecule has 0 bridgehead atoms. The second-order valence-electron chi connectivity index (χ2n) is 4.21. The normalized spacial score (nSPS) is 10.1. The van der Waals surface area contributed by atoms with Crippen LogP contribution in [-0.4, -0.2) is 22.0 Å². The van der Waals surface area contributed by atoms with Crippen LogP contribution in [0, 0.1) is 6.92 Å². The standard InChI is InChI=1S/C14H11BrN2O3/c1-8-4-10(15)7-11(5-8)17-13(18)9-2-3-16-12(6-9)14(19)20/h2-7H,1H3,(H,17,18)(H,19,20).